The van der Waals surface area contributed by atoms with Crippen molar-refractivity contribution in [2.24, 2.45) is 0 Å². The second-order valence-corrected chi connectivity index (χ2v) is 4.78. The zero-order chi connectivity index (χ0) is 13.7. The van der Waals surface area contributed by atoms with E-state index in [4.69, 9.17) is 14.2 Å². The summed E-state index contributed by atoms with van der Waals surface area (Å²) in [4.78, 5) is 12.2. The molecule has 0 spiro atoms. The maximum absolute atomic E-state index is 12.2. The third-order valence-electron chi connectivity index (χ3n) is 2.41. The maximum atomic E-state index is 12.2. The Morgan fingerprint density at radius 1 is 1.22 bits per heavy atom. The van der Waals surface area contributed by atoms with Crippen LogP contribution in [0.3, 0.4) is 0 Å². The van der Waals surface area contributed by atoms with E-state index in [9.17, 15) is 4.79 Å². The second kappa shape index (κ2) is 6.95. The Labute approximate surface area is 117 Å². The number of halogens is 1. The molecule has 0 aliphatic carbocycles. The van der Waals surface area contributed by atoms with E-state index in [1.54, 1.807) is 6.07 Å². The van der Waals surface area contributed by atoms with Crippen LogP contribution in [-0.4, -0.2) is 33.3 Å². The van der Waals surface area contributed by atoms with E-state index in [0.29, 0.717) is 39.9 Å². The summed E-state index contributed by atoms with van der Waals surface area (Å²) in [5, 5.41) is 0. The topological polar surface area (TPSA) is 44.8 Å². The minimum atomic E-state index is -0.0710. The van der Waals surface area contributed by atoms with E-state index in [1.807, 2.05) is 0 Å². The van der Waals surface area contributed by atoms with Crippen LogP contribution in [0.25, 0.3) is 0 Å². The van der Waals surface area contributed by atoms with Crippen molar-refractivity contribution in [3.05, 3.63) is 16.1 Å². The normalized spacial score (nSPS) is 10.1. The SMILES string of the molecule is COc1cc(Br)c(OC)c(C(=O)CC[PH-])c1OC. The number of Topliss-reactive ketones (excluding diaryl/α,β-unsaturated/α-hetero) is 1. The number of benzene rings is 1. The molecule has 0 N–H and O–H groups in total. The highest BCUT2D eigenvalue weighted by atomic mass is 79.9. The molecule has 0 unspecified atom stereocenters. The molecule has 4 nitrogen and oxygen atoms in total. The van der Waals surface area contributed by atoms with E-state index in [1.165, 1.54) is 21.3 Å². The van der Waals surface area contributed by atoms with Crippen molar-refractivity contribution in [1.29, 1.82) is 0 Å². The highest BCUT2D eigenvalue weighted by Gasteiger charge is 2.23. The van der Waals surface area contributed by atoms with Gasteiger partial charge in [0.2, 0.25) is 0 Å². The number of carbonyl (C=O) groups excluding carboxylic acids is 1. The lowest BCUT2D eigenvalue weighted by Crippen LogP contribution is -2.07. The summed E-state index contributed by atoms with van der Waals surface area (Å²) in [5.74, 6) is 1.27. The van der Waals surface area contributed by atoms with Crippen molar-refractivity contribution in [2.45, 2.75) is 6.42 Å². The maximum Gasteiger partial charge on any atom is 0.175 e. The Kier molecular flexibility index (Phi) is 5.89. The molecular formula is C12H15BrO4P-. The average molecular weight is 334 g/mol. The highest BCUT2D eigenvalue weighted by molar-refractivity contribution is 9.10. The minimum absolute atomic E-state index is 0.0710. The van der Waals surface area contributed by atoms with Crippen LogP contribution in [0.1, 0.15) is 16.8 Å². The van der Waals surface area contributed by atoms with Crippen molar-refractivity contribution >= 4 is 31.0 Å². The second-order valence-electron chi connectivity index (χ2n) is 3.43. The molecule has 0 radical (unpaired) electrons. The fourth-order valence-electron chi connectivity index (χ4n) is 1.64. The molecule has 0 bridgehead atoms. The quantitative estimate of drug-likeness (QED) is 0.592. The molecule has 0 saturated heterocycles. The molecule has 18 heavy (non-hydrogen) atoms. The summed E-state index contributed by atoms with van der Waals surface area (Å²) in [6.07, 6.45) is 0.920. The fourth-order valence-corrected chi connectivity index (χ4v) is 2.43. The number of ketones is 1. The predicted molar refractivity (Wildman–Crippen MR) is 75.9 cm³/mol. The average Bonchev–Trinajstić information content (AvgIpc) is 2.37. The molecule has 6 heteroatoms. The monoisotopic (exact) mass is 333 g/mol. The highest BCUT2D eigenvalue weighted by Crippen LogP contribution is 2.43. The lowest BCUT2D eigenvalue weighted by Gasteiger charge is -2.17. The predicted octanol–water partition coefficient (Wildman–Crippen LogP) is 3.19. The van der Waals surface area contributed by atoms with Crippen molar-refractivity contribution in [1.82, 2.24) is 0 Å². The van der Waals surface area contributed by atoms with Gasteiger partial charge in [-0.15, -0.1) is 0 Å². The molecular weight excluding hydrogens is 319 g/mol. The molecule has 0 aromatic heterocycles. The van der Waals surface area contributed by atoms with Gasteiger partial charge in [-0.05, 0) is 22.4 Å². The summed E-state index contributed by atoms with van der Waals surface area (Å²) in [7, 11) is 7.83. The largest absolute Gasteiger partial charge is 0.558 e. The number of rotatable bonds is 6. The summed E-state index contributed by atoms with van der Waals surface area (Å²) >= 11 is 3.36. The van der Waals surface area contributed by atoms with Crippen LogP contribution in [0, 0.1) is 0 Å². The Bertz CT molecular complexity index is 448. The Morgan fingerprint density at radius 2 is 1.83 bits per heavy atom. The molecule has 1 rings (SSSR count). The van der Waals surface area contributed by atoms with Crippen LogP contribution in [0.4, 0.5) is 0 Å². The summed E-state index contributed by atoms with van der Waals surface area (Å²) in [6, 6.07) is 1.71. The van der Waals surface area contributed by atoms with E-state index in [-0.39, 0.29) is 5.78 Å². The standard InChI is InChI=1S/C12H15BrO4P/c1-15-9-6-7(13)11(16-2)10(12(9)17-3)8(14)4-5-18/h6,18H,4-5H2,1-3H3/q-1. The number of hydrogen-bond donors (Lipinski definition) is 0. The van der Waals surface area contributed by atoms with E-state index in [0.717, 1.165) is 0 Å². The van der Waals surface area contributed by atoms with Crippen molar-refractivity contribution in [2.75, 3.05) is 27.5 Å². The molecule has 0 aliphatic heterocycles. The number of carbonyl (C=O) groups is 1. The van der Waals surface area contributed by atoms with Gasteiger partial charge >= 0.3 is 0 Å². The van der Waals surface area contributed by atoms with Gasteiger partial charge in [0.05, 0.1) is 25.8 Å². The van der Waals surface area contributed by atoms with Crippen LogP contribution >= 0.6 is 25.2 Å². The van der Waals surface area contributed by atoms with Crippen LogP contribution in [0.5, 0.6) is 17.2 Å². The first-order valence-electron chi connectivity index (χ1n) is 5.26. The van der Waals surface area contributed by atoms with Gasteiger partial charge in [-0.1, -0.05) is 0 Å². The third-order valence-corrected chi connectivity index (χ3v) is 3.25. The molecule has 0 heterocycles. The van der Waals surface area contributed by atoms with Crippen LogP contribution in [0.2, 0.25) is 0 Å². The molecule has 100 valence electrons. The van der Waals surface area contributed by atoms with Gasteiger partial charge in [-0.3, -0.25) is 4.79 Å². The van der Waals surface area contributed by atoms with Gasteiger partial charge < -0.3 is 23.5 Å². The van der Waals surface area contributed by atoms with Gasteiger partial charge in [0.25, 0.3) is 0 Å². The zero-order valence-corrected chi connectivity index (χ0v) is 13.1. The van der Waals surface area contributed by atoms with Gasteiger partial charge in [-0.2, -0.15) is 6.16 Å². The van der Waals surface area contributed by atoms with Gasteiger partial charge in [0.1, 0.15) is 11.3 Å². The Hall–Kier alpha value is -0.800. The van der Waals surface area contributed by atoms with Crippen molar-refractivity contribution in [3.8, 4) is 17.2 Å². The fraction of sp³-hybridized carbons (Fsp3) is 0.417. The van der Waals surface area contributed by atoms with Gasteiger partial charge in [0.15, 0.2) is 17.3 Å². The first-order chi connectivity index (χ1) is 8.60. The van der Waals surface area contributed by atoms with E-state index >= 15 is 0 Å². The Balaban J connectivity index is 3.50. The first kappa shape index (κ1) is 15.3. The molecule has 1 aromatic carbocycles. The van der Waals surface area contributed by atoms with Gasteiger partial charge in [0, 0.05) is 6.07 Å². The van der Waals surface area contributed by atoms with Crippen LogP contribution in [-0.2, 0) is 0 Å². The van der Waals surface area contributed by atoms with E-state index in [2.05, 4.69) is 25.2 Å². The van der Waals surface area contributed by atoms with Gasteiger partial charge in [-0.25, -0.2) is 0 Å². The smallest absolute Gasteiger partial charge is 0.175 e. The van der Waals surface area contributed by atoms with Crippen molar-refractivity contribution < 1.29 is 19.0 Å². The summed E-state index contributed by atoms with van der Waals surface area (Å²) in [5.41, 5.74) is 0.393. The molecule has 0 aliphatic rings. The van der Waals surface area contributed by atoms with Crippen molar-refractivity contribution in [3.63, 3.8) is 0 Å². The molecule has 1 aromatic rings. The minimum Gasteiger partial charge on any atom is -0.558 e. The summed E-state index contributed by atoms with van der Waals surface area (Å²) in [6.45, 7) is 0. The Morgan fingerprint density at radius 3 is 2.28 bits per heavy atom. The molecule has 0 fully saturated rings. The number of methoxy groups -OCH3 is 3. The third kappa shape index (κ3) is 2.96. The molecule has 0 atom stereocenters. The molecule has 0 saturated carbocycles. The van der Waals surface area contributed by atoms with Crippen LogP contribution < -0.4 is 14.2 Å². The number of ether oxygens (including phenoxy) is 3. The van der Waals surface area contributed by atoms with Crippen LogP contribution in [0.15, 0.2) is 10.5 Å². The number of hydrogen-bond acceptors (Lipinski definition) is 4. The first-order valence-corrected chi connectivity index (χ1v) is 6.76. The zero-order valence-electron chi connectivity index (χ0n) is 10.5. The summed E-state index contributed by atoms with van der Waals surface area (Å²) < 4.78 is 16.4. The molecule has 0 amide bonds. The van der Waals surface area contributed by atoms with E-state index < -0.39 is 0 Å². The lowest BCUT2D eigenvalue weighted by molar-refractivity contribution is 0.0982. The lowest BCUT2D eigenvalue weighted by atomic mass is 10.1.